The SMILES string of the molecule is O=C(NCC1CCN(c2ccccn2)CC1)C1CC(=O)N(c2ccccc2)C1. The average molecular weight is 378 g/mol. The van der Waals surface area contributed by atoms with Gasteiger partial charge in [0.15, 0.2) is 0 Å². The molecule has 0 bridgehead atoms. The zero-order chi connectivity index (χ0) is 19.3. The van der Waals surface area contributed by atoms with E-state index in [2.05, 4.69) is 15.2 Å². The fourth-order valence-corrected chi connectivity index (χ4v) is 4.04. The second kappa shape index (κ2) is 8.42. The Morgan fingerprint density at radius 3 is 2.54 bits per heavy atom. The van der Waals surface area contributed by atoms with Gasteiger partial charge in [0.05, 0.1) is 5.92 Å². The number of amides is 2. The van der Waals surface area contributed by atoms with Crippen LogP contribution in [-0.4, -0.2) is 43.0 Å². The molecule has 0 saturated carbocycles. The van der Waals surface area contributed by atoms with Crippen molar-refractivity contribution in [2.24, 2.45) is 11.8 Å². The van der Waals surface area contributed by atoms with Crippen LogP contribution < -0.4 is 15.1 Å². The first-order valence-electron chi connectivity index (χ1n) is 10.00. The van der Waals surface area contributed by atoms with E-state index in [-0.39, 0.29) is 17.7 Å². The lowest BCUT2D eigenvalue weighted by Crippen LogP contribution is -2.40. The molecule has 2 aromatic rings. The lowest BCUT2D eigenvalue weighted by Gasteiger charge is -2.33. The Bertz CT molecular complexity index is 804. The van der Waals surface area contributed by atoms with E-state index in [0.717, 1.165) is 37.4 Å². The maximum atomic E-state index is 12.6. The highest BCUT2D eigenvalue weighted by Gasteiger charge is 2.35. The molecule has 146 valence electrons. The predicted octanol–water partition coefficient (Wildman–Crippen LogP) is 2.47. The molecule has 1 unspecified atom stereocenters. The molecule has 3 heterocycles. The molecule has 6 heteroatoms. The number of nitrogens with zero attached hydrogens (tertiary/aromatic N) is 3. The maximum Gasteiger partial charge on any atom is 0.227 e. The summed E-state index contributed by atoms with van der Waals surface area (Å²) in [6.45, 7) is 3.07. The minimum Gasteiger partial charge on any atom is -0.357 e. The number of hydrogen-bond acceptors (Lipinski definition) is 4. The first-order chi connectivity index (χ1) is 13.7. The Morgan fingerprint density at radius 1 is 1.07 bits per heavy atom. The zero-order valence-corrected chi connectivity index (χ0v) is 16.0. The van der Waals surface area contributed by atoms with Crippen LogP contribution in [0.2, 0.25) is 0 Å². The summed E-state index contributed by atoms with van der Waals surface area (Å²) in [7, 11) is 0. The van der Waals surface area contributed by atoms with Gasteiger partial charge in [0.25, 0.3) is 0 Å². The van der Waals surface area contributed by atoms with Crippen LogP contribution in [0.1, 0.15) is 19.3 Å². The van der Waals surface area contributed by atoms with E-state index in [1.807, 2.05) is 54.7 Å². The summed E-state index contributed by atoms with van der Waals surface area (Å²) in [5, 5.41) is 3.09. The number of anilines is 2. The van der Waals surface area contributed by atoms with Crippen molar-refractivity contribution in [3.8, 4) is 0 Å². The van der Waals surface area contributed by atoms with Gasteiger partial charge < -0.3 is 15.1 Å². The van der Waals surface area contributed by atoms with Crippen LogP contribution in [0, 0.1) is 11.8 Å². The predicted molar refractivity (Wildman–Crippen MR) is 109 cm³/mol. The third kappa shape index (κ3) is 4.16. The maximum absolute atomic E-state index is 12.6. The van der Waals surface area contributed by atoms with Gasteiger partial charge in [-0.2, -0.15) is 0 Å². The fraction of sp³-hybridized carbons (Fsp3) is 0.409. The molecule has 2 fully saturated rings. The monoisotopic (exact) mass is 378 g/mol. The molecule has 28 heavy (non-hydrogen) atoms. The molecule has 0 spiro atoms. The highest BCUT2D eigenvalue weighted by Crippen LogP contribution is 2.25. The summed E-state index contributed by atoms with van der Waals surface area (Å²) in [5.74, 6) is 1.26. The van der Waals surface area contributed by atoms with Crippen molar-refractivity contribution in [2.75, 3.05) is 36.0 Å². The molecule has 1 atom stereocenters. The van der Waals surface area contributed by atoms with Gasteiger partial charge >= 0.3 is 0 Å². The Hall–Kier alpha value is -2.89. The fourth-order valence-electron chi connectivity index (χ4n) is 4.04. The van der Waals surface area contributed by atoms with Gasteiger partial charge in [-0.05, 0) is 43.0 Å². The van der Waals surface area contributed by atoms with E-state index in [4.69, 9.17) is 0 Å². The minimum absolute atomic E-state index is 0.000984. The smallest absolute Gasteiger partial charge is 0.227 e. The van der Waals surface area contributed by atoms with Crippen molar-refractivity contribution in [3.05, 3.63) is 54.7 Å². The summed E-state index contributed by atoms with van der Waals surface area (Å²) in [5.41, 5.74) is 0.865. The van der Waals surface area contributed by atoms with Gasteiger partial charge in [-0.3, -0.25) is 9.59 Å². The van der Waals surface area contributed by atoms with E-state index < -0.39 is 0 Å². The third-order valence-corrected chi connectivity index (χ3v) is 5.72. The van der Waals surface area contributed by atoms with Crippen LogP contribution in [0.3, 0.4) is 0 Å². The molecular weight excluding hydrogens is 352 g/mol. The number of rotatable bonds is 5. The van der Waals surface area contributed by atoms with Gasteiger partial charge in [-0.25, -0.2) is 4.98 Å². The van der Waals surface area contributed by atoms with Gasteiger partial charge in [0.1, 0.15) is 5.82 Å². The van der Waals surface area contributed by atoms with E-state index in [1.165, 1.54) is 0 Å². The summed E-state index contributed by atoms with van der Waals surface area (Å²) < 4.78 is 0. The first-order valence-corrected chi connectivity index (χ1v) is 10.00. The standard InChI is InChI=1S/C22H26N4O2/c27-21-14-18(16-26(21)19-6-2-1-3-7-19)22(28)24-15-17-9-12-25(13-10-17)20-8-4-5-11-23-20/h1-8,11,17-18H,9-10,12-16H2,(H,24,28). The number of hydrogen-bond donors (Lipinski definition) is 1. The lowest BCUT2D eigenvalue weighted by molar-refractivity contribution is -0.126. The van der Waals surface area contributed by atoms with Crippen LogP contribution in [0.4, 0.5) is 11.5 Å². The largest absolute Gasteiger partial charge is 0.357 e. The molecule has 2 aliphatic heterocycles. The second-order valence-electron chi connectivity index (χ2n) is 7.60. The molecule has 6 nitrogen and oxygen atoms in total. The average Bonchev–Trinajstić information content (AvgIpc) is 3.15. The number of nitrogens with one attached hydrogen (secondary N) is 1. The molecule has 2 amide bonds. The molecule has 0 aliphatic carbocycles. The quantitative estimate of drug-likeness (QED) is 0.868. The molecule has 0 radical (unpaired) electrons. The normalized spacial score (nSPS) is 20.4. The lowest BCUT2D eigenvalue weighted by atomic mass is 9.96. The van der Waals surface area contributed by atoms with Gasteiger partial charge in [0, 0.05) is 44.5 Å². The Balaban J connectivity index is 1.24. The summed E-state index contributed by atoms with van der Waals surface area (Å²) in [4.78, 5) is 33.3. The van der Waals surface area contributed by atoms with Crippen LogP contribution >= 0.6 is 0 Å². The van der Waals surface area contributed by atoms with E-state index in [1.54, 1.807) is 4.90 Å². The molecular formula is C22H26N4O2. The molecule has 1 aromatic carbocycles. The van der Waals surface area contributed by atoms with E-state index in [9.17, 15) is 9.59 Å². The number of carbonyl (C=O) groups excluding carboxylic acids is 2. The highest BCUT2D eigenvalue weighted by atomic mass is 16.2. The van der Waals surface area contributed by atoms with Gasteiger partial charge in [0.2, 0.25) is 11.8 Å². The summed E-state index contributed by atoms with van der Waals surface area (Å²) in [6.07, 6.45) is 4.19. The van der Waals surface area contributed by atoms with Crippen LogP contribution in [-0.2, 0) is 9.59 Å². The van der Waals surface area contributed by atoms with Crippen LogP contribution in [0.15, 0.2) is 54.7 Å². The van der Waals surface area contributed by atoms with Crippen molar-refractivity contribution >= 4 is 23.3 Å². The topological polar surface area (TPSA) is 65.5 Å². The number of pyridine rings is 1. The van der Waals surface area contributed by atoms with E-state index in [0.29, 0.717) is 25.4 Å². The number of aromatic nitrogens is 1. The number of carbonyl (C=O) groups is 2. The third-order valence-electron chi connectivity index (χ3n) is 5.72. The zero-order valence-electron chi connectivity index (χ0n) is 16.0. The van der Waals surface area contributed by atoms with Crippen molar-refractivity contribution in [2.45, 2.75) is 19.3 Å². The Kier molecular flexibility index (Phi) is 5.55. The Morgan fingerprint density at radius 2 is 1.82 bits per heavy atom. The van der Waals surface area contributed by atoms with Crippen molar-refractivity contribution in [3.63, 3.8) is 0 Å². The number of para-hydroxylation sites is 1. The molecule has 2 saturated heterocycles. The van der Waals surface area contributed by atoms with Crippen molar-refractivity contribution in [1.29, 1.82) is 0 Å². The van der Waals surface area contributed by atoms with Crippen LogP contribution in [0.25, 0.3) is 0 Å². The van der Waals surface area contributed by atoms with Crippen molar-refractivity contribution in [1.82, 2.24) is 10.3 Å². The van der Waals surface area contributed by atoms with Crippen LogP contribution in [0.5, 0.6) is 0 Å². The molecule has 1 aromatic heterocycles. The molecule has 1 N–H and O–H groups in total. The van der Waals surface area contributed by atoms with Gasteiger partial charge in [-0.1, -0.05) is 24.3 Å². The van der Waals surface area contributed by atoms with Gasteiger partial charge in [-0.15, -0.1) is 0 Å². The number of piperidine rings is 1. The first kappa shape index (κ1) is 18.5. The minimum atomic E-state index is -0.263. The second-order valence-corrected chi connectivity index (χ2v) is 7.60. The molecule has 2 aliphatic rings. The summed E-state index contributed by atoms with van der Waals surface area (Å²) in [6, 6.07) is 15.5. The molecule has 4 rings (SSSR count). The highest BCUT2D eigenvalue weighted by molar-refractivity contribution is 6.00. The van der Waals surface area contributed by atoms with E-state index >= 15 is 0 Å². The number of benzene rings is 1. The van der Waals surface area contributed by atoms with Crippen molar-refractivity contribution < 1.29 is 9.59 Å². The summed E-state index contributed by atoms with van der Waals surface area (Å²) >= 11 is 0. The Labute approximate surface area is 165 Å².